The Morgan fingerprint density at radius 3 is 2.74 bits per heavy atom. The fraction of sp³-hybridized carbons (Fsp3) is 0.857. The Balaban J connectivity index is 1.93. The Kier molecular flexibility index (Phi) is 2.45. The van der Waals surface area contributed by atoms with E-state index < -0.39 is 5.09 Å². The molecule has 0 spiro atoms. The molecule has 4 aliphatic rings. The molecule has 4 aliphatic carbocycles. The van der Waals surface area contributed by atoms with Crippen LogP contribution in [0.5, 0.6) is 0 Å². The maximum Gasteiger partial charge on any atom is 0.294 e. The molecule has 4 bridgehead atoms. The lowest BCUT2D eigenvalue weighted by Crippen LogP contribution is -2.57. The molecule has 5 heteroatoms. The van der Waals surface area contributed by atoms with Crippen molar-refractivity contribution in [3.05, 3.63) is 21.9 Å². The SMILES string of the molecule is CC12CC3CC(CO[N+](=O)[O-])(C1)CC(C)(C2)/C3=C/N. The van der Waals surface area contributed by atoms with E-state index >= 15 is 0 Å². The molecular weight excluding hydrogens is 244 g/mol. The highest BCUT2D eigenvalue weighted by Crippen LogP contribution is 2.71. The minimum atomic E-state index is -0.650. The summed E-state index contributed by atoms with van der Waals surface area (Å²) in [6.07, 6.45) is 7.15. The highest BCUT2D eigenvalue weighted by molar-refractivity contribution is 5.29. The Bertz CT molecular complexity index is 464. The summed E-state index contributed by atoms with van der Waals surface area (Å²) in [7, 11) is 0. The van der Waals surface area contributed by atoms with Crippen molar-refractivity contribution in [2.24, 2.45) is 27.9 Å². The summed E-state index contributed by atoms with van der Waals surface area (Å²) in [5.41, 5.74) is 7.61. The highest BCUT2D eigenvalue weighted by Gasteiger charge is 2.62. The second-order valence-corrected chi connectivity index (χ2v) is 7.63. The van der Waals surface area contributed by atoms with Crippen molar-refractivity contribution in [3.8, 4) is 0 Å². The van der Waals surface area contributed by atoms with Gasteiger partial charge in [0.1, 0.15) is 6.61 Å². The zero-order valence-electron chi connectivity index (χ0n) is 11.6. The summed E-state index contributed by atoms with van der Waals surface area (Å²) in [5, 5.41) is 9.87. The molecule has 0 aromatic rings. The summed E-state index contributed by atoms with van der Waals surface area (Å²) in [6.45, 7) is 4.85. The van der Waals surface area contributed by atoms with Crippen LogP contribution in [0.25, 0.3) is 0 Å². The third kappa shape index (κ3) is 1.82. The predicted molar refractivity (Wildman–Crippen MR) is 70.4 cm³/mol. The molecule has 19 heavy (non-hydrogen) atoms. The molecule has 106 valence electrons. The number of allylic oxidation sites excluding steroid dienone is 1. The Morgan fingerprint density at radius 1 is 1.42 bits per heavy atom. The zero-order valence-corrected chi connectivity index (χ0v) is 11.6. The van der Waals surface area contributed by atoms with Gasteiger partial charge in [0.2, 0.25) is 0 Å². The first-order chi connectivity index (χ1) is 8.80. The van der Waals surface area contributed by atoms with Crippen LogP contribution in [0.15, 0.2) is 11.8 Å². The average Bonchev–Trinajstić information content (AvgIpc) is 2.23. The average molecular weight is 266 g/mol. The number of nitrogens with zero attached hydrogens (tertiary/aromatic N) is 1. The van der Waals surface area contributed by atoms with Crippen molar-refractivity contribution < 1.29 is 9.92 Å². The topological polar surface area (TPSA) is 78.4 Å². The fourth-order valence-corrected chi connectivity index (χ4v) is 5.95. The number of rotatable bonds is 3. The molecule has 5 nitrogen and oxygen atoms in total. The molecule has 0 aromatic heterocycles. The molecule has 0 aliphatic heterocycles. The van der Waals surface area contributed by atoms with E-state index in [2.05, 4.69) is 13.8 Å². The second kappa shape index (κ2) is 3.64. The van der Waals surface area contributed by atoms with E-state index in [1.54, 1.807) is 6.20 Å². The second-order valence-electron chi connectivity index (χ2n) is 7.63. The van der Waals surface area contributed by atoms with Gasteiger partial charge in [0.05, 0.1) is 0 Å². The van der Waals surface area contributed by atoms with E-state index in [0.29, 0.717) is 11.3 Å². The number of hydrogen-bond acceptors (Lipinski definition) is 4. The van der Waals surface area contributed by atoms with Crippen molar-refractivity contribution in [3.63, 3.8) is 0 Å². The van der Waals surface area contributed by atoms with E-state index in [0.717, 1.165) is 25.7 Å². The molecule has 4 rings (SSSR count). The van der Waals surface area contributed by atoms with Gasteiger partial charge in [-0.2, -0.15) is 0 Å². The third-order valence-electron chi connectivity index (χ3n) is 5.59. The first-order valence-corrected chi connectivity index (χ1v) is 7.00. The molecule has 0 heterocycles. The fourth-order valence-electron chi connectivity index (χ4n) is 5.95. The zero-order chi connectivity index (χ0) is 13.9. The number of hydrogen-bond donors (Lipinski definition) is 1. The first-order valence-electron chi connectivity index (χ1n) is 7.00. The minimum Gasteiger partial charge on any atom is -0.405 e. The van der Waals surface area contributed by atoms with Crippen molar-refractivity contribution >= 4 is 0 Å². The molecule has 4 atom stereocenters. The highest BCUT2D eigenvalue weighted by atomic mass is 16.9. The summed E-state index contributed by atoms with van der Waals surface area (Å²) in [5.74, 6) is 0.492. The molecular formula is C14H22N2O3. The van der Waals surface area contributed by atoms with Crippen LogP contribution in [-0.2, 0) is 4.84 Å². The van der Waals surface area contributed by atoms with Gasteiger partial charge in [-0.3, -0.25) is 0 Å². The van der Waals surface area contributed by atoms with Gasteiger partial charge in [0, 0.05) is 0 Å². The van der Waals surface area contributed by atoms with E-state index in [4.69, 9.17) is 10.6 Å². The molecule has 0 amide bonds. The summed E-state index contributed by atoms with van der Waals surface area (Å²) in [6, 6.07) is 0. The Labute approximate surface area is 113 Å². The van der Waals surface area contributed by atoms with Crippen LogP contribution in [0.2, 0.25) is 0 Å². The third-order valence-corrected chi connectivity index (χ3v) is 5.59. The van der Waals surface area contributed by atoms with Gasteiger partial charge in [0.25, 0.3) is 5.09 Å². The van der Waals surface area contributed by atoms with Crippen LogP contribution in [0.1, 0.15) is 46.0 Å². The molecule has 4 fully saturated rings. The van der Waals surface area contributed by atoms with Crippen LogP contribution >= 0.6 is 0 Å². The van der Waals surface area contributed by atoms with Crippen molar-refractivity contribution in [1.29, 1.82) is 0 Å². The standard InChI is InChI=1S/C14H22N2O3/c1-12-3-10-4-14(7-12,9-19-16(17)18)8-13(2,6-12)11(10)5-15/h5,10H,3-4,6-9,15H2,1-2H3/b11-5+. The van der Waals surface area contributed by atoms with Gasteiger partial charge in [-0.05, 0) is 66.0 Å². The first kappa shape index (κ1) is 12.8. The minimum absolute atomic E-state index is 0.0236. The van der Waals surface area contributed by atoms with Gasteiger partial charge in [-0.15, -0.1) is 10.1 Å². The molecule has 0 saturated heterocycles. The van der Waals surface area contributed by atoms with E-state index in [-0.39, 0.29) is 17.4 Å². The van der Waals surface area contributed by atoms with E-state index in [9.17, 15) is 10.1 Å². The van der Waals surface area contributed by atoms with Crippen LogP contribution in [0.4, 0.5) is 0 Å². The number of nitrogens with two attached hydrogens (primary N) is 1. The normalized spacial score (nSPS) is 49.6. The van der Waals surface area contributed by atoms with Crippen LogP contribution < -0.4 is 5.73 Å². The van der Waals surface area contributed by atoms with Crippen LogP contribution in [0, 0.1) is 32.3 Å². The molecule has 2 N–H and O–H groups in total. The van der Waals surface area contributed by atoms with Gasteiger partial charge in [-0.1, -0.05) is 13.8 Å². The smallest absolute Gasteiger partial charge is 0.294 e. The van der Waals surface area contributed by atoms with Crippen molar-refractivity contribution in [1.82, 2.24) is 0 Å². The summed E-state index contributed by atoms with van der Waals surface area (Å²) >= 11 is 0. The monoisotopic (exact) mass is 266 g/mol. The molecule has 0 radical (unpaired) electrons. The van der Waals surface area contributed by atoms with Gasteiger partial charge < -0.3 is 10.6 Å². The Hall–Kier alpha value is -1.26. The lowest BCUT2D eigenvalue weighted by atomic mass is 9.39. The lowest BCUT2D eigenvalue weighted by molar-refractivity contribution is -0.761. The maximum absolute atomic E-state index is 10.5. The lowest BCUT2D eigenvalue weighted by Gasteiger charge is -2.66. The molecule has 4 unspecified atom stereocenters. The largest absolute Gasteiger partial charge is 0.405 e. The van der Waals surface area contributed by atoms with Gasteiger partial charge in [0.15, 0.2) is 0 Å². The van der Waals surface area contributed by atoms with Gasteiger partial charge in [-0.25, -0.2) is 0 Å². The maximum atomic E-state index is 10.5. The van der Waals surface area contributed by atoms with Gasteiger partial charge >= 0.3 is 0 Å². The summed E-state index contributed by atoms with van der Waals surface area (Å²) < 4.78 is 0. The molecule has 4 saturated carbocycles. The van der Waals surface area contributed by atoms with E-state index in [1.807, 2.05) is 0 Å². The Morgan fingerprint density at radius 2 is 2.16 bits per heavy atom. The van der Waals surface area contributed by atoms with Crippen molar-refractivity contribution in [2.75, 3.05) is 6.61 Å². The predicted octanol–water partition coefficient (Wildman–Crippen LogP) is 2.64. The summed E-state index contributed by atoms with van der Waals surface area (Å²) in [4.78, 5) is 15.3. The molecule has 0 aromatic carbocycles. The van der Waals surface area contributed by atoms with Crippen LogP contribution in [-0.4, -0.2) is 11.7 Å². The quantitative estimate of drug-likeness (QED) is 0.629. The van der Waals surface area contributed by atoms with E-state index in [1.165, 1.54) is 12.0 Å². The van der Waals surface area contributed by atoms with Crippen molar-refractivity contribution in [2.45, 2.75) is 46.0 Å². The van der Waals surface area contributed by atoms with Crippen LogP contribution in [0.3, 0.4) is 0 Å².